The highest BCUT2D eigenvalue weighted by molar-refractivity contribution is 7.80. The molecule has 1 aromatic carbocycles. The van der Waals surface area contributed by atoms with Crippen molar-refractivity contribution in [1.82, 2.24) is 10.6 Å². The van der Waals surface area contributed by atoms with Crippen LogP contribution in [0.5, 0.6) is 0 Å². The third kappa shape index (κ3) is 3.03. The minimum Gasteiger partial charge on any atom is -0.381 e. The van der Waals surface area contributed by atoms with Crippen molar-refractivity contribution in [3.05, 3.63) is 34.9 Å². The normalized spacial score (nSPS) is 34.2. The predicted molar refractivity (Wildman–Crippen MR) is 113 cm³/mol. The number of rotatable bonds is 1. The zero-order valence-corrected chi connectivity index (χ0v) is 17.3. The highest BCUT2D eigenvalue weighted by Gasteiger charge is 2.59. The number of nitrogens with one attached hydrogen (secondary N) is 2. The smallest absolute Gasteiger partial charge is 0.168 e. The quantitative estimate of drug-likeness (QED) is 0.564. The van der Waals surface area contributed by atoms with Crippen LogP contribution < -0.4 is 10.6 Å². The Hall–Kier alpha value is -1.61. The minimum absolute atomic E-state index is 0.100. The van der Waals surface area contributed by atoms with Gasteiger partial charge in [-0.2, -0.15) is 0 Å². The van der Waals surface area contributed by atoms with Crippen LogP contribution in [-0.4, -0.2) is 31.7 Å². The van der Waals surface area contributed by atoms with Crippen LogP contribution in [0.25, 0.3) is 0 Å². The van der Waals surface area contributed by atoms with Gasteiger partial charge in [0.05, 0.1) is 18.2 Å². The van der Waals surface area contributed by atoms with Crippen molar-refractivity contribution in [3.63, 3.8) is 0 Å². The van der Waals surface area contributed by atoms with Gasteiger partial charge in [0, 0.05) is 24.0 Å². The number of methoxy groups -OCH3 is 1. The number of hydrogen-bond acceptors (Lipinski definition) is 3. The van der Waals surface area contributed by atoms with E-state index in [1.807, 2.05) is 7.11 Å². The average Bonchev–Trinajstić information content (AvgIpc) is 3.52. The number of thiocarbonyl (C=S) groups is 1. The molecule has 5 heteroatoms. The molecule has 1 aromatic rings. The van der Waals surface area contributed by atoms with Crippen molar-refractivity contribution >= 4 is 17.3 Å². The van der Waals surface area contributed by atoms with E-state index in [-0.39, 0.29) is 11.0 Å². The molecule has 2 N–H and O–H groups in total. The molecule has 3 aliphatic carbocycles. The highest BCUT2D eigenvalue weighted by Crippen LogP contribution is 2.58. The number of hydrogen-bond donors (Lipinski definition) is 2. The van der Waals surface area contributed by atoms with Crippen LogP contribution >= 0.6 is 12.2 Å². The number of benzene rings is 1. The third-order valence-electron chi connectivity index (χ3n) is 7.21. The van der Waals surface area contributed by atoms with Gasteiger partial charge in [0.25, 0.3) is 0 Å². The van der Waals surface area contributed by atoms with Gasteiger partial charge in [-0.15, -0.1) is 0 Å². The lowest BCUT2D eigenvalue weighted by Crippen LogP contribution is -2.59. The number of ether oxygens (including phenoxy) is 2. The van der Waals surface area contributed by atoms with Crippen LogP contribution in [0.4, 0.5) is 0 Å². The molecule has 4 aliphatic rings. The van der Waals surface area contributed by atoms with E-state index >= 15 is 0 Å². The van der Waals surface area contributed by atoms with E-state index in [1.54, 1.807) is 0 Å². The molecule has 2 saturated carbocycles. The fraction of sp³-hybridized carbons (Fsp3) is 0.609. The second kappa shape index (κ2) is 7.02. The Morgan fingerprint density at radius 2 is 2.04 bits per heavy atom. The van der Waals surface area contributed by atoms with Crippen LogP contribution in [0.1, 0.15) is 55.2 Å². The molecular weight excluding hydrogens is 368 g/mol. The summed E-state index contributed by atoms with van der Waals surface area (Å²) in [7, 11) is 1.83. The molecule has 148 valence electrons. The van der Waals surface area contributed by atoms with E-state index in [1.165, 1.54) is 24.0 Å². The van der Waals surface area contributed by atoms with Gasteiger partial charge >= 0.3 is 0 Å². The van der Waals surface area contributed by atoms with Crippen molar-refractivity contribution in [2.45, 2.75) is 56.6 Å². The molecule has 5 rings (SSSR count). The van der Waals surface area contributed by atoms with Crippen molar-refractivity contribution in [1.29, 1.82) is 0 Å². The molecule has 0 radical (unpaired) electrons. The fourth-order valence-electron chi connectivity index (χ4n) is 5.43. The fourth-order valence-corrected chi connectivity index (χ4v) is 5.66. The van der Waals surface area contributed by atoms with Gasteiger partial charge in [0.2, 0.25) is 0 Å². The lowest BCUT2D eigenvalue weighted by Gasteiger charge is -2.49. The molecule has 2 spiro atoms. The first-order valence-electron chi connectivity index (χ1n) is 10.5. The van der Waals surface area contributed by atoms with Gasteiger partial charge in [0.15, 0.2) is 5.11 Å². The summed E-state index contributed by atoms with van der Waals surface area (Å²) in [4.78, 5) is 0. The molecule has 1 unspecified atom stereocenters. The summed E-state index contributed by atoms with van der Waals surface area (Å²) in [5.41, 5.74) is 3.66. The molecule has 0 amide bonds. The van der Waals surface area contributed by atoms with E-state index in [9.17, 15) is 0 Å². The SMILES string of the molecule is COC1CCC2(CC1)Cc1ccc(C#CC3CC3)cc1C21COCNC(=S)N1. The summed E-state index contributed by atoms with van der Waals surface area (Å²) >= 11 is 5.60. The predicted octanol–water partition coefficient (Wildman–Crippen LogP) is 3.23. The van der Waals surface area contributed by atoms with Crippen LogP contribution in [0.2, 0.25) is 0 Å². The first-order valence-corrected chi connectivity index (χ1v) is 10.9. The van der Waals surface area contributed by atoms with Crippen LogP contribution in [-0.2, 0) is 21.4 Å². The Morgan fingerprint density at radius 1 is 1.21 bits per heavy atom. The maximum atomic E-state index is 6.06. The lowest BCUT2D eigenvalue weighted by molar-refractivity contribution is -0.0407. The van der Waals surface area contributed by atoms with Gasteiger partial charge in [-0.3, -0.25) is 0 Å². The molecule has 4 nitrogen and oxygen atoms in total. The maximum absolute atomic E-state index is 6.06. The monoisotopic (exact) mass is 396 g/mol. The molecule has 0 aromatic heterocycles. The van der Waals surface area contributed by atoms with Gasteiger partial charge in [0.1, 0.15) is 6.73 Å². The first-order chi connectivity index (χ1) is 13.6. The van der Waals surface area contributed by atoms with Crippen LogP contribution in [0.15, 0.2) is 18.2 Å². The minimum atomic E-state index is -0.293. The Bertz CT molecular complexity index is 846. The molecule has 1 atom stereocenters. The molecule has 1 aliphatic heterocycles. The van der Waals surface area contributed by atoms with E-state index in [0.29, 0.717) is 30.5 Å². The molecule has 3 fully saturated rings. The highest BCUT2D eigenvalue weighted by atomic mass is 32.1. The zero-order valence-electron chi connectivity index (χ0n) is 16.5. The second-order valence-corrected chi connectivity index (χ2v) is 9.24. The average molecular weight is 397 g/mol. The van der Waals surface area contributed by atoms with Gasteiger partial charge < -0.3 is 20.1 Å². The molecule has 1 heterocycles. The van der Waals surface area contributed by atoms with Crippen molar-refractivity contribution in [3.8, 4) is 11.8 Å². The standard InChI is InChI=1S/C23H28N2O2S/c1-26-19-8-10-22(11-9-19)13-18-7-6-17(5-4-16-2-3-16)12-20(18)23(22)14-27-15-24-21(28)25-23/h6-7,12,16,19H,2-3,8-11,13-15H2,1H3,(H2,24,25,28). The Kier molecular flexibility index (Phi) is 4.62. The van der Waals surface area contributed by atoms with Crippen LogP contribution in [0, 0.1) is 23.2 Å². The topological polar surface area (TPSA) is 42.5 Å². The summed E-state index contributed by atoms with van der Waals surface area (Å²) in [5.74, 6) is 7.42. The van der Waals surface area contributed by atoms with Crippen molar-refractivity contribution < 1.29 is 9.47 Å². The van der Waals surface area contributed by atoms with Crippen LogP contribution in [0.3, 0.4) is 0 Å². The Balaban J connectivity index is 1.57. The Labute approximate surface area is 172 Å². The summed E-state index contributed by atoms with van der Waals surface area (Å²) < 4.78 is 11.7. The zero-order chi connectivity index (χ0) is 19.2. The van der Waals surface area contributed by atoms with Crippen molar-refractivity contribution in [2.75, 3.05) is 20.4 Å². The van der Waals surface area contributed by atoms with Gasteiger partial charge in [-0.1, -0.05) is 17.9 Å². The van der Waals surface area contributed by atoms with E-state index in [4.69, 9.17) is 21.7 Å². The Morgan fingerprint density at radius 3 is 2.79 bits per heavy atom. The van der Waals surface area contributed by atoms with Gasteiger partial charge in [-0.05, 0) is 80.4 Å². The maximum Gasteiger partial charge on any atom is 0.168 e. The number of fused-ring (bicyclic) bond motifs is 3. The van der Waals surface area contributed by atoms with Gasteiger partial charge in [-0.25, -0.2) is 0 Å². The molecule has 28 heavy (non-hydrogen) atoms. The summed E-state index contributed by atoms with van der Waals surface area (Å²) in [6, 6.07) is 6.77. The van der Waals surface area contributed by atoms with E-state index in [2.05, 4.69) is 40.7 Å². The van der Waals surface area contributed by atoms with E-state index in [0.717, 1.165) is 37.7 Å². The second-order valence-electron chi connectivity index (χ2n) is 8.84. The molecular formula is C23H28N2O2S. The molecule has 1 saturated heterocycles. The van der Waals surface area contributed by atoms with E-state index < -0.39 is 0 Å². The first kappa shape index (κ1) is 18.4. The largest absolute Gasteiger partial charge is 0.381 e. The third-order valence-corrected chi connectivity index (χ3v) is 7.45. The van der Waals surface area contributed by atoms with Crippen molar-refractivity contribution in [2.24, 2.45) is 11.3 Å². The molecule has 0 bridgehead atoms. The lowest BCUT2D eigenvalue weighted by atomic mass is 9.61. The summed E-state index contributed by atoms with van der Waals surface area (Å²) in [6.45, 7) is 1.09. The summed E-state index contributed by atoms with van der Waals surface area (Å²) in [6.07, 6.45) is 8.33. The summed E-state index contributed by atoms with van der Waals surface area (Å²) in [5, 5.41) is 7.58.